The van der Waals surface area contributed by atoms with Gasteiger partial charge in [0.1, 0.15) is 12.4 Å². The highest BCUT2D eigenvalue weighted by atomic mass is 16.5. The first-order valence-electron chi connectivity index (χ1n) is 5.76. The monoisotopic (exact) mass is 247 g/mol. The van der Waals surface area contributed by atoms with Gasteiger partial charge < -0.3 is 19.6 Å². The predicted octanol–water partition coefficient (Wildman–Crippen LogP) is 2.63. The van der Waals surface area contributed by atoms with Crippen LogP contribution in [-0.4, -0.2) is 7.11 Å². The van der Waals surface area contributed by atoms with Crippen LogP contribution in [0, 0.1) is 6.92 Å². The molecule has 0 aliphatic carbocycles. The summed E-state index contributed by atoms with van der Waals surface area (Å²) in [5.41, 5.74) is 7.60. The summed E-state index contributed by atoms with van der Waals surface area (Å²) < 4.78 is 16.3. The molecule has 4 nitrogen and oxygen atoms in total. The number of furan rings is 1. The van der Waals surface area contributed by atoms with Crippen molar-refractivity contribution in [2.24, 2.45) is 5.73 Å². The molecule has 2 rings (SSSR count). The van der Waals surface area contributed by atoms with Gasteiger partial charge in [0.25, 0.3) is 0 Å². The van der Waals surface area contributed by atoms with Crippen LogP contribution in [0.4, 0.5) is 0 Å². The predicted molar refractivity (Wildman–Crippen MR) is 68.7 cm³/mol. The maximum atomic E-state index is 5.67. The molecule has 1 aromatic heterocycles. The minimum atomic E-state index is 0.361. The quantitative estimate of drug-likeness (QED) is 0.882. The Morgan fingerprint density at radius 3 is 2.72 bits per heavy atom. The van der Waals surface area contributed by atoms with E-state index < -0.39 is 0 Å². The molecule has 0 radical (unpaired) electrons. The Labute approximate surface area is 106 Å². The average Bonchev–Trinajstić information content (AvgIpc) is 2.85. The van der Waals surface area contributed by atoms with Gasteiger partial charge in [-0.3, -0.25) is 0 Å². The number of aryl methyl sites for hydroxylation is 1. The van der Waals surface area contributed by atoms with Crippen molar-refractivity contribution in [3.05, 3.63) is 47.4 Å². The number of nitrogens with two attached hydrogens (primary N) is 1. The Morgan fingerprint density at radius 1 is 1.22 bits per heavy atom. The average molecular weight is 247 g/mol. The summed E-state index contributed by atoms with van der Waals surface area (Å²) in [5.74, 6) is 2.17. The highest BCUT2D eigenvalue weighted by Gasteiger charge is 2.06. The van der Waals surface area contributed by atoms with Crippen LogP contribution in [0.5, 0.6) is 11.5 Å². The summed E-state index contributed by atoms with van der Waals surface area (Å²) in [6, 6.07) is 7.69. The first-order valence-corrected chi connectivity index (χ1v) is 5.76. The van der Waals surface area contributed by atoms with Crippen molar-refractivity contribution in [2.75, 3.05) is 7.11 Å². The van der Waals surface area contributed by atoms with Crippen LogP contribution in [0.25, 0.3) is 0 Å². The van der Waals surface area contributed by atoms with E-state index in [0.717, 1.165) is 22.6 Å². The molecule has 4 heteroatoms. The van der Waals surface area contributed by atoms with Gasteiger partial charge in [-0.2, -0.15) is 0 Å². The molecule has 0 aliphatic rings. The molecule has 0 spiro atoms. The van der Waals surface area contributed by atoms with Crippen molar-refractivity contribution in [1.82, 2.24) is 0 Å². The lowest BCUT2D eigenvalue weighted by molar-refractivity contribution is 0.256. The first kappa shape index (κ1) is 12.5. The fraction of sp³-hybridized carbons (Fsp3) is 0.286. The van der Waals surface area contributed by atoms with Gasteiger partial charge in [-0.1, -0.05) is 6.07 Å². The van der Waals surface area contributed by atoms with E-state index in [9.17, 15) is 0 Å². The number of ether oxygens (including phenoxy) is 2. The van der Waals surface area contributed by atoms with E-state index in [1.54, 1.807) is 13.4 Å². The van der Waals surface area contributed by atoms with Gasteiger partial charge in [-0.25, -0.2) is 0 Å². The van der Waals surface area contributed by atoms with E-state index in [2.05, 4.69) is 0 Å². The summed E-state index contributed by atoms with van der Waals surface area (Å²) in [6.45, 7) is 2.84. The zero-order valence-corrected chi connectivity index (χ0v) is 10.6. The Bertz CT molecular complexity index is 520. The molecule has 2 N–H and O–H groups in total. The van der Waals surface area contributed by atoms with Gasteiger partial charge in [0.05, 0.1) is 13.4 Å². The third-order valence-electron chi connectivity index (χ3n) is 2.63. The molecule has 1 heterocycles. The lowest BCUT2D eigenvalue weighted by Crippen LogP contribution is -1.97. The van der Waals surface area contributed by atoms with Crippen molar-refractivity contribution in [3.8, 4) is 11.5 Å². The van der Waals surface area contributed by atoms with Crippen molar-refractivity contribution in [1.29, 1.82) is 0 Å². The number of hydrogen-bond donors (Lipinski definition) is 1. The van der Waals surface area contributed by atoms with Crippen LogP contribution in [0.15, 0.2) is 34.9 Å². The summed E-state index contributed by atoms with van der Waals surface area (Å²) in [5, 5.41) is 0. The van der Waals surface area contributed by atoms with Gasteiger partial charge in [0, 0.05) is 12.1 Å². The second-order valence-electron chi connectivity index (χ2n) is 4.07. The minimum absolute atomic E-state index is 0.361. The molecule has 0 amide bonds. The number of rotatable bonds is 5. The molecule has 0 aliphatic heterocycles. The van der Waals surface area contributed by atoms with Gasteiger partial charge in [-0.05, 0) is 30.7 Å². The van der Waals surface area contributed by atoms with E-state index in [1.165, 1.54) is 0 Å². The fourth-order valence-corrected chi connectivity index (χ4v) is 1.65. The largest absolute Gasteiger partial charge is 0.493 e. The molecule has 0 unspecified atom stereocenters. The van der Waals surface area contributed by atoms with Gasteiger partial charge in [0.15, 0.2) is 11.5 Å². The Kier molecular flexibility index (Phi) is 3.89. The van der Waals surface area contributed by atoms with Crippen LogP contribution >= 0.6 is 0 Å². The summed E-state index contributed by atoms with van der Waals surface area (Å²) in [6.07, 6.45) is 1.64. The molecule has 96 valence electrons. The van der Waals surface area contributed by atoms with Gasteiger partial charge in [-0.15, -0.1) is 0 Å². The van der Waals surface area contributed by atoms with Crippen molar-refractivity contribution in [2.45, 2.75) is 20.1 Å². The molecular weight excluding hydrogens is 230 g/mol. The molecule has 0 fully saturated rings. The standard InChI is InChI=1S/C14H17NO3/c1-10-3-4-13(14(5-10)16-2)18-9-12-6-11(7-15)8-17-12/h3-6,8H,7,9,15H2,1-2H3. The van der Waals surface area contributed by atoms with E-state index in [4.69, 9.17) is 19.6 Å². The van der Waals surface area contributed by atoms with Crippen molar-refractivity contribution >= 4 is 0 Å². The highest BCUT2D eigenvalue weighted by molar-refractivity contribution is 5.42. The third-order valence-corrected chi connectivity index (χ3v) is 2.63. The molecule has 18 heavy (non-hydrogen) atoms. The van der Waals surface area contributed by atoms with E-state index in [1.807, 2.05) is 31.2 Å². The van der Waals surface area contributed by atoms with Gasteiger partial charge >= 0.3 is 0 Å². The van der Waals surface area contributed by atoms with E-state index in [0.29, 0.717) is 18.9 Å². The van der Waals surface area contributed by atoms with Crippen molar-refractivity contribution < 1.29 is 13.9 Å². The molecule has 1 aromatic carbocycles. The molecule has 2 aromatic rings. The third kappa shape index (κ3) is 2.84. The maximum Gasteiger partial charge on any atom is 0.161 e. The molecule has 0 bridgehead atoms. The highest BCUT2D eigenvalue weighted by Crippen LogP contribution is 2.28. The molecule has 0 saturated heterocycles. The minimum Gasteiger partial charge on any atom is -0.493 e. The number of hydrogen-bond acceptors (Lipinski definition) is 4. The second-order valence-corrected chi connectivity index (χ2v) is 4.07. The molecule has 0 atom stereocenters. The number of methoxy groups -OCH3 is 1. The summed E-state index contributed by atoms with van der Waals surface area (Å²) in [4.78, 5) is 0. The van der Waals surface area contributed by atoms with Crippen molar-refractivity contribution in [3.63, 3.8) is 0 Å². The van der Waals surface area contributed by atoms with Crippen LogP contribution in [-0.2, 0) is 13.2 Å². The maximum absolute atomic E-state index is 5.67. The van der Waals surface area contributed by atoms with E-state index in [-0.39, 0.29) is 0 Å². The van der Waals surface area contributed by atoms with Crippen LogP contribution in [0.3, 0.4) is 0 Å². The summed E-state index contributed by atoms with van der Waals surface area (Å²) >= 11 is 0. The Morgan fingerprint density at radius 2 is 2.06 bits per heavy atom. The van der Waals surface area contributed by atoms with Crippen LogP contribution in [0.1, 0.15) is 16.9 Å². The van der Waals surface area contributed by atoms with E-state index >= 15 is 0 Å². The van der Waals surface area contributed by atoms with Crippen LogP contribution < -0.4 is 15.2 Å². The first-order chi connectivity index (χ1) is 8.72. The zero-order chi connectivity index (χ0) is 13.0. The lowest BCUT2D eigenvalue weighted by Gasteiger charge is -2.10. The zero-order valence-electron chi connectivity index (χ0n) is 10.6. The summed E-state index contributed by atoms with van der Waals surface area (Å²) in [7, 11) is 1.63. The molecule has 0 saturated carbocycles. The topological polar surface area (TPSA) is 57.6 Å². The Balaban J connectivity index is 2.05. The fourth-order valence-electron chi connectivity index (χ4n) is 1.65. The Hall–Kier alpha value is -1.94. The molecular formula is C14H17NO3. The lowest BCUT2D eigenvalue weighted by atomic mass is 10.2. The van der Waals surface area contributed by atoms with Gasteiger partial charge in [0.2, 0.25) is 0 Å². The second kappa shape index (κ2) is 5.60. The van der Waals surface area contributed by atoms with Crippen LogP contribution in [0.2, 0.25) is 0 Å². The smallest absolute Gasteiger partial charge is 0.161 e. The normalized spacial score (nSPS) is 10.4. The SMILES string of the molecule is COc1cc(C)ccc1OCc1cc(CN)co1. The number of benzene rings is 1.